The highest BCUT2D eigenvalue weighted by molar-refractivity contribution is 8.15. The Balaban J connectivity index is 1.48. The lowest BCUT2D eigenvalue weighted by molar-refractivity contribution is -0.384. The molecular weight excluding hydrogens is 460 g/mol. The quantitative estimate of drug-likeness (QED) is 0.419. The van der Waals surface area contributed by atoms with Crippen molar-refractivity contribution in [1.29, 1.82) is 0 Å². The lowest BCUT2D eigenvalue weighted by Gasteiger charge is -2.15. The van der Waals surface area contributed by atoms with Crippen LogP contribution in [0.25, 0.3) is 0 Å². The Morgan fingerprint density at radius 1 is 1.26 bits per heavy atom. The molecule has 178 valence electrons. The van der Waals surface area contributed by atoms with Gasteiger partial charge >= 0.3 is 0 Å². The zero-order chi connectivity index (χ0) is 24.2. The fourth-order valence-corrected chi connectivity index (χ4v) is 4.75. The smallest absolute Gasteiger partial charge is 0.271 e. The number of anilines is 1. The van der Waals surface area contributed by atoms with Crippen molar-refractivity contribution in [3.8, 4) is 11.5 Å². The number of benzene rings is 2. The van der Waals surface area contributed by atoms with Gasteiger partial charge in [0.15, 0.2) is 5.17 Å². The number of hydrogen-bond acceptors (Lipinski definition) is 8. The molecule has 1 N–H and O–H groups in total. The number of rotatable bonds is 9. The molecule has 1 saturated carbocycles. The van der Waals surface area contributed by atoms with E-state index in [0.717, 1.165) is 18.6 Å². The summed E-state index contributed by atoms with van der Waals surface area (Å²) in [6, 6.07) is 11.3. The molecule has 4 rings (SSSR count). The first kappa shape index (κ1) is 23.6. The molecule has 1 unspecified atom stereocenters. The van der Waals surface area contributed by atoms with Crippen LogP contribution in [0, 0.1) is 10.1 Å². The van der Waals surface area contributed by atoms with Gasteiger partial charge in [0.2, 0.25) is 11.8 Å². The summed E-state index contributed by atoms with van der Waals surface area (Å²) in [4.78, 5) is 42.7. The largest absolute Gasteiger partial charge is 0.495 e. The monoisotopic (exact) mass is 484 g/mol. The number of thioether (sulfide) groups is 1. The number of non-ortho nitro benzene ring substituents is 1. The number of ether oxygens (including phenoxy) is 2. The minimum Gasteiger partial charge on any atom is -0.495 e. The standard InChI is InChI=1S/C23H24N4O6S/c1-3-33-17-9-4-14(5-10-17)24-23-26(15-6-7-15)22(29)20(34-23)13-21(28)25-18-12-16(27(30)31)8-11-19(18)32-2/h4-5,8-12,15,20H,3,6-7,13H2,1-2H3,(H,25,28). The Hall–Kier alpha value is -3.60. The van der Waals surface area contributed by atoms with E-state index in [1.165, 1.54) is 37.1 Å². The van der Waals surface area contributed by atoms with Gasteiger partial charge in [-0.05, 0) is 50.1 Å². The second kappa shape index (κ2) is 10.1. The van der Waals surface area contributed by atoms with Gasteiger partial charge in [-0.2, -0.15) is 0 Å². The molecule has 0 aromatic heterocycles. The number of nitrogens with one attached hydrogen (secondary N) is 1. The van der Waals surface area contributed by atoms with E-state index in [4.69, 9.17) is 9.47 Å². The van der Waals surface area contributed by atoms with E-state index in [1.807, 2.05) is 31.2 Å². The summed E-state index contributed by atoms with van der Waals surface area (Å²) in [6.07, 6.45) is 1.71. The van der Waals surface area contributed by atoms with Crippen molar-refractivity contribution in [3.05, 3.63) is 52.6 Å². The van der Waals surface area contributed by atoms with Gasteiger partial charge in [0.1, 0.15) is 16.7 Å². The van der Waals surface area contributed by atoms with Gasteiger partial charge in [0.05, 0.1) is 30.0 Å². The number of carbonyl (C=O) groups is 2. The SMILES string of the molecule is CCOc1ccc(N=C2SC(CC(=O)Nc3cc([N+](=O)[O-])ccc3OC)C(=O)N2C2CC2)cc1. The summed E-state index contributed by atoms with van der Waals surface area (Å²) >= 11 is 1.26. The van der Waals surface area contributed by atoms with Gasteiger partial charge in [0.25, 0.3) is 5.69 Å². The summed E-state index contributed by atoms with van der Waals surface area (Å²) in [5.41, 5.74) is 0.697. The molecule has 10 nitrogen and oxygen atoms in total. The van der Waals surface area contributed by atoms with Gasteiger partial charge < -0.3 is 14.8 Å². The third-order valence-electron chi connectivity index (χ3n) is 5.29. The molecule has 11 heteroatoms. The maximum atomic E-state index is 13.1. The number of nitrogens with zero attached hydrogens (tertiary/aromatic N) is 3. The Kier molecular flexibility index (Phi) is 7.01. The number of hydrogen-bond donors (Lipinski definition) is 1. The molecule has 1 atom stereocenters. The van der Waals surface area contributed by atoms with Crippen molar-refractivity contribution in [2.75, 3.05) is 19.0 Å². The molecule has 1 aliphatic carbocycles. The molecule has 0 spiro atoms. The average Bonchev–Trinajstić information content (AvgIpc) is 3.60. The van der Waals surface area contributed by atoms with Gasteiger partial charge in [-0.15, -0.1) is 0 Å². The minimum atomic E-state index is -0.633. The maximum absolute atomic E-state index is 13.1. The molecular formula is C23H24N4O6S. The minimum absolute atomic E-state index is 0.0964. The molecule has 1 aliphatic heterocycles. The Labute approximate surface area is 200 Å². The highest BCUT2D eigenvalue weighted by Gasteiger charge is 2.46. The number of aliphatic imine (C=N–C) groups is 1. The predicted octanol–water partition coefficient (Wildman–Crippen LogP) is 4.12. The first-order valence-electron chi connectivity index (χ1n) is 10.8. The van der Waals surface area contributed by atoms with Crippen LogP contribution in [0.4, 0.5) is 17.1 Å². The van der Waals surface area contributed by atoms with Crippen molar-refractivity contribution in [1.82, 2.24) is 4.90 Å². The van der Waals surface area contributed by atoms with Crippen molar-refractivity contribution < 1.29 is 24.0 Å². The third kappa shape index (κ3) is 5.30. The zero-order valence-corrected chi connectivity index (χ0v) is 19.5. The molecule has 2 fully saturated rings. The first-order chi connectivity index (χ1) is 16.4. The number of nitro groups is 1. The van der Waals surface area contributed by atoms with E-state index in [-0.39, 0.29) is 29.7 Å². The second-order valence-corrected chi connectivity index (χ2v) is 8.93. The molecule has 2 aromatic rings. The Bertz CT molecular complexity index is 1130. The number of amidine groups is 1. The van der Waals surface area contributed by atoms with Crippen molar-refractivity contribution in [2.45, 2.75) is 37.5 Å². The van der Waals surface area contributed by atoms with Crippen LogP contribution in [0.1, 0.15) is 26.2 Å². The highest BCUT2D eigenvalue weighted by Crippen LogP contribution is 2.40. The molecule has 2 aromatic carbocycles. The molecule has 2 aliphatic rings. The summed E-state index contributed by atoms with van der Waals surface area (Å²) < 4.78 is 10.6. The van der Waals surface area contributed by atoms with Crippen LogP contribution in [0.2, 0.25) is 0 Å². The second-order valence-electron chi connectivity index (χ2n) is 7.76. The van der Waals surface area contributed by atoms with E-state index < -0.39 is 16.1 Å². The molecule has 0 radical (unpaired) electrons. The van der Waals surface area contributed by atoms with E-state index in [0.29, 0.717) is 23.2 Å². The van der Waals surface area contributed by atoms with Crippen LogP contribution in [0.5, 0.6) is 11.5 Å². The lowest BCUT2D eigenvalue weighted by atomic mass is 10.2. The molecule has 1 saturated heterocycles. The van der Waals surface area contributed by atoms with Crippen molar-refractivity contribution in [2.24, 2.45) is 4.99 Å². The fraction of sp³-hybridized carbons (Fsp3) is 0.348. The summed E-state index contributed by atoms with van der Waals surface area (Å²) in [5.74, 6) is 0.439. The Morgan fingerprint density at radius 2 is 2.00 bits per heavy atom. The van der Waals surface area contributed by atoms with Gasteiger partial charge in [-0.25, -0.2) is 4.99 Å². The van der Waals surface area contributed by atoms with Crippen LogP contribution in [0.15, 0.2) is 47.5 Å². The molecule has 0 bridgehead atoms. The molecule has 2 amide bonds. The van der Waals surface area contributed by atoms with E-state index in [1.54, 1.807) is 4.90 Å². The Morgan fingerprint density at radius 3 is 2.62 bits per heavy atom. The lowest BCUT2D eigenvalue weighted by Crippen LogP contribution is -2.35. The molecule has 34 heavy (non-hydrogen) atoms. The van der Waals surface area contributed by atoms with Crippen LogP contribution >= 0.6 is 11.8 Å². The zero-order valence-electron chi connectivity index (χ0n) is 18.7. The number of carbonyl (C=O) groups excluding carboxylic acids is 2. The van der Waals surface area contributed by atoms with Crippen LogP contribution < -0.4 is 14.8 Å². The summed E-state index contributed by atoms with van der Waals surface area (Å²) in [6.45, 7) is 2.48. The van der Waals surface area contributed by atoms with Gasteiger partial charge in [0, 0.05) is 24.6 Å². The highest BCUT2D eigenvalue weighted by atomic mass is 32.2. The van der Waals surface area contributed by atoms with E-state index in [2.05, 4.69) is 10.3 Å². The first-order valence-corrected chi connectivity index (χ1v) is 11.7. The van der Waals surface area contributed by atoms with E-state index in [9.17, 15) is 19.7 Å². The van der Waals surface area contributed by atoms with Crippen LogP contribution in [0.3, 0.4) is 0 Å². The fourth-order valence-electron chi connectivity index (χ4n) is 3.53. The maximum Gasteiger partial charge on any atom is 0.271 e. The van der Waals surface area contributed by atoms with Crippen molar-refractivity contribution in [3.63, 3.8) is 0 Å². The number of methoxy groups -OCH3 is 1. The summed E-state index contributed by atoms with van der Waals surface area (Å²) in [7, 11) is 1.41. The van der Waals surface area contributed by atoms with E-state index >= 15 is 0 Å². The van der Waals surface area contributed by atoms with Crippen LogP contribution in [-0.2, 0) is 9.59 Å². The number of nitro benzene ring substituents is 1. The normalized spacial score (nSPS) is 18.8. The summed E-state index contributed by atoms with van der Waals surface area (Å²) in [5, 5.41) is 13.7. The van der Waals surface area contributed by atoms with Gasteiger partial charge in [-0.3, -0.25) is 24.6 Å². The van der Waals surface area contributed by atoms with Crippen LogP contribution in [-0.4, -0.2) is 51.8 Å². The van der Waals surface area contributed by atoms with Gasteiger partial charge in [-0.1, -0.05) is 11.8 Å². The predicted molar refractivity (Wildman–Crippen MR) is 129 cm³/mol. The topological polar surface area (TPSA) is 123 Å². The average molecular weight is 485 g/mol. The number of amides is 2. The van der Waals surface area contributed by atoms with Crippen molar-refractivity contribution >= 4 is 45.8 Å². The third-order valence-corrected chi connectivity index (χ3v) is 6.44. The molecule has 1 heterocycles.